The summed E-state index contributed by atoms with van der Waals surface area (Å²) in [6.45, 7) is 3.83. The van der Waals surface area contributed by atoms with Crippen molar-refractivity contribution in [3.8, 4) is 0 Å². The van der Waals surface area contributed by atoms with Gasteiger partial charge in [-0.25, -0.2) is 23.5 Å². The molecule has 2 heterocycles. The maximum Gasteiger partial charge on any atom is 0.238 e. The standard InChI is InChI=1S/C16H22N6O2S2/c1-21-7-9-22(10-8-21)15-11-14(19-16(20-15)25-2)18-12-3-5-13(6-4-12)26(17,23)24/h3-6,11H,7-10H2,1-2H3,(H2,17,23,24)(H,18,19,20). The third-order valence-electron chi connectivity index (χ3n) is 4.16. The number of piperazine rings is 1. The number of hydrogen-bond donors (Lipinski definition) is 2. The number of primary sulfonamides is 1. The Balaban J connectivity index is 1.82. The second-order valence-electron chi connectivity index (χ2n) is 6.08. The summed E-state index contributed by atoms with van der Waals surface area (Å²) in [6.07, 6.45) is 1.94. The number of hydrogen-bond acceptors (Lipinski definition) is 8. The summed E-state index contributed by atoms with van der Waals surface area (Å²) in [5, 5.41) is 9.02. The maximum atomic E-state index is 11.4. The Morgan fingerprint density at radius 3 is 2.35 bits per heavy atom. The molecule has 1 fully saturated rings. The van der Waals surface area contributed by atoms with Crippen molar-refractivity contribution in [1.29, 1.82) is 0 Å². The van der Waals surface area contributed by atoms with Gasteiger partial charge in [0.25, 0.3) is 0 Å². The molecule has 140 valence electrons. The molecule has 26 heavy (non-hydrogen) atoms. The van der Waals surface area contributed by atoms with Crippen molar-refractivity contribution >= 4 is 39.1 Å². The van der Waals surface area contributed by atoms with Crippen LogP contribution < -0.4 is 15.4 Å². The normalized spacial score (nSPS) is 15.9. The van der Waals surface area contributed by atoms with Crippen molar-refractivity contribution < 1.29 is 8.42 Å². The third-order valence-corrected chi connectivity index (χ3v) is 5.63. The first-order valence-corrected chi connectivity index (χ1v) is 10.9. The van der Waals surface area contributed by atoms with Gasteiger partial charge in [-0.15, -0.1) is 0 Å². The number of nitrogens with zero attached hydrogens (tertiary/aromatic N) is 4. The lowest BCUT2D eigenvalue weighted by atomic mass is 10.3. The molecule has 3 rings (SSSR count). The van der Waals surface area contributed by atoms with Gasteiger partial charge in [-0.05, 0) is 37.6 Å². The lowest BCUT2D eigenvalue weighted by Gasteiger charge is -2.33. The van der Waals surface area contributed by atoms with Crippen LogP contribution in [-0.4, -0.2) is 62.8 Å². The van der Waals surface area contributed by atoms with Gasteiger partial charge in [0.2, 0.25) is 10.0 Å². The van der Waals surface area contributed by atoms with E-state index in [1.165, 1.54) is 23.9 Å². The summed E-state index contributed by atoms with van der Waals surface area (Å²) in [4.78, 5) is 13.7. The fourth-order valence-electron chi connectivity index (χ4n) is 2.64. The van der Waals surface area contributed by atoms with Crippen LogP contribution >= 0.6 is 11.8 Å². The van der Waals surface area contributed by atoms with E-state index in [0.29, 0.717) is 11.0 Å². The molecule has 1 aromatic carbocycles. The highest BCUT2D eigenvalue weighted by Crippen LogP contribution is 2.24. The predicted molar refractivity (Wildman–Crippen MR) is 105 cm³/mol. The molecular weight excluding hydrogens is 372 g/mol. The minimum atomic E-state index is -3.70. The van der Waals surface area contributed by atoms with E-state index in [9.17, 15) is 8.42 Å². The molecule has 1 saturated heterocycles. The Bertz CT molecular complexity index is 865. The number of benzene rings is 1. The molecule has 0 aliphatic carbocycles. The van der Waals surface area contributed by atoms with Gasteiger partial charge in [-0.1, -0.05) is 11.8 Å². The van der Waals surface area contributed by atoms with Crippen LogP contribution in [0.25, 0.3) is 0 Å². The molecule has 0 atom stereocenters. The SMILES string of the molecule is CSc1nc(Nc2ccc(S(N)(=O)=O)cc2)cc(N2CCN(C)CC2)n1. The van der Waals surface area contributed by atoms with Crippen LogP contribution in [0.5, 0.6) is 0 Å². The van der Waals surface area contributed by atoms with Crippen LogP contribution in [0.2, 0.25) is 0 Å². The van der Waals surface area contributed by atoms with E-state index in [2.05, 4.69) is 32.1 Å². The summed E-state index contributed by atoms with van der Waals surface area (Å²) >= 11 is 1.48. The lowest BCUT2D eigenvalue weighted by molar-refractivity contribution is 0.312. The van der Waals surface area contributed by atoms with E-state index in [0.717, 1.165) is 37.7 Å². The number of likely N-dealkylation sites (N-methyl/N-ethyl adjacent to an activating group) is 1. The van der Waals surface area contributed by atoms with Gasteiger partial charge in [0.05, 0.1) is 4.90 Å². The maximum absolute atomic E-state index is 11.4. The van der Waals surface area contributed by atoms with E-state index < -0.39 is 10.0 Å². The molecule has 1 aliphatic rings. The number of thioether (sulfide) groups is 1. The van der Waals surface area contributed by atoms with E-state index in [4.69, 9.17) is 5.14 Å². The first-order valence-electron chi connectivity index (χ1n) is 8.11. The highest BCUT2D eigenvalue weighted by atomic mass is 32.2. The molecule has 8 nitrogen and oxygen atoms in total. The zero-order chi connectivity index (χ0) is 18.7. The Hall–Kier alpha value is -1.88. The van der Waals surface area contributed by atoms with Gasteiger partial charge < -0.3 is 15.1 Å². The van der Waals surface area contributed by atoms with Gasteiger partial charge in [-0.3, -0.25) is 0 Å². The summed E-state index contributed by atoms with van der Waals surface area (Å²) in [5.74, 6) is 1.56. The molecule has 1 aliphatic heterocycles. The monoisotopic (exact) mass is 394 g/mol. The smallest absolute Gasteiger partial charge is 0.238 e. The molecular formula is C16H22N6O2S2. The summed E-state index contributed by atoms with van der Waals surface area (Å²) in [6, 6.07) is 8.18. The largest absolute Gasteiger partial charge is 0.354 e. The highest BCUT2D eigenvalue weighted by molar-refractivity contribution is 7.98. The number of sulfonamides is 1. The Kier molecular flexibility index (Phi) is 5.66. The summed E-state index contributed by atoms with van der Waals surface area (Å²) in [7, 11) is -1.58. The number of aromatic nitrogens is 2. The van der Waals surface area contributed by atoms with Crippen LogP contribution in [0.3, 0.4) is 0 Å². The molecule has 0 spiro atoms. The number of anilines is 3. The fourth-order valence-corrected chi connectivity index (χ4v) is 3.53. The average Bonchev–Trinajstić information content (AvgIpc) is 2.61. The van der Waals surface area contributed by atoms with Gasteiger partial charge in [0.1, 0.15) is 11.6 Å². The summed E-state index contributed by atoms with van der Waals surface area (Å²) < 4.78 is 22.7. The van der Waals surface area contributed by atoms with Crippen LogP contribution in [-0.2, 0) is 10.0 Å². The quantitative estimate of drug-likeness (QED) is 0.578. The van der Waals surface area contributed by atoms with Gasteiger partial charge in [0, 0.05) is 37.9 Å². The van der Waals surface area contributed by atoms with Crippen molar-refractivity contribution in [3.63, 3.8) is 0 Å². The Morgan fingerprint density at radius 1 is 1.12 bits per heavy atom. The highest BCUT2D eigenvalue weighted by Gasteiger charge is 2.17. The molecule has 1 aromatic heterocycles. The van der Waals surface area contributed by atoms with Crippen LogP contribution in [0, 0.1) is 0 Å². The zero-order valence-corrected chi connectivity index (χ0v) is 16.3. The number of nitrogens with two attached hydrogens (primary N) is 1. The van der Waals surface area contributed by atoms with Gasteiger partial charge in [-0.2, -0.15) is 0 Å². The van der Waals surface area contributed by atoms with Crippen LogP contribution in [0.4, 0.5) is 17.3 Å². The number of nitrogens with one attached hydrogen (secondary N) is 1. The molecule has 2 aromatic rings. The van der Waals surface area contributed by atoms with Crippen molar-refractivity contribution in [3.05, 3.63) is 30.3 Å². The number of rotatable bonds is 5. The van der Waals surface area contributed by atoms with E-state index in [1.54, 1.807) is 12.1 Å². The minimum absolute atomic E-state index is 0.0775. The summed E-state index contributed by atoms with van der Waals surface area (Å²) in [5.41, 5.74) is 0.729. The van der Waals surface area contributed by atoms with Crippen molar-refractivity contribution in [1.82, 2.24) is 14.9 Å². The molecule has 10 heteroatoms. The molecule has 0 unspecified atom stereocenters. The Labute approximate surface area is 157 Å². The van der Waals surface area contributed by atoms with Crippen molar-refractivity contribution in [2.45, 2.75) is 10.1 Å². The Morgan fingerprint density at radius 2 is 1.77 bits per heavy atom. The third kappa shape index (κ3) is 4.64. The fraction of sp³-hybridized carbons (Fsp3) is 0.375. The minimum Gasteiger partial charge on any atom is -0.354 e. The second kappa shape index (κ2) is 7.78. The first-order chi connectivity index (χ1) is 12.3. The molecule has 0 amide bonds. The lowest BCUT2D eigenvalue weighted by Crippen LogP contribution is -2.44. The molecule has 0 saturated carbocycles. The van der Waals surface area contributed by atoms with E-state index in [1.807, 2.05) is 12.3 Å². The predicted octanol–water partition coefficient (Wildman–Crippen LogP) is 1.34. The van der Waals surface area contributed by atoms with E-state index in [-0.39, 0.29) is 4.90 Å². The molecule has 0 bridgehead atoms. The first kappa shape index (κ1) is 18.9. The van der Waals surface area contributed by atoms with Crippen LogP contribution in [0.15, 0.2) is 40.4 Å². The van der Waals surface area contributed by atoms with Gasteiger partial charge in [0.15, 0.2) is 5.16 Å². The van der Waals surface area contributed by atoms with Crippen LogP contribution in [0.1, 0.15) is 0 Å². The van der Waals surface area contributed by atoms with Gasteiger partial charge >= 0.3 is 0 Å². The van der Waals surface area contributed by atoms with Crippen molar-refractivity contribution in [2.75, 3.05) is 49.7 Å². The van der Waals surface area contributed by atoms with E-state index >= 15 is 0 Å². The zero-order valence-electron chi connectivity index (χ0n) is 14.7. The van der Waals surface area contributed by atoms with Crippen molar-refractivity contribution in [2.24, 2.45) is 5.14 Å². The topological polar surface area (TPSA) is 104 Å². The average molecular weight is 395 g/mol. The molecule has 3 N–H and O–H groups in total. The molecule has 0 radical (unpaired) electrons. The second-order valence-corrected chi connectivity index (χ2v) is 8.42.